The van der Waals surface area contributed by atoms with E-state index < -0.39 is 5.97 Å². The Morgan fingerprint density at radius 1 is 1.00 bits per heavy atom. The number of benzene rings is 3. The number of hydrogen-bond acceptors (Lipinski definition) is 4. The molecule has 0 aliphatic carbocycles. The molecular formula is C23H15Cl3O5. The van der Waals surface area contributed by atoms with E-state index in [1.807, 2.05) is 6.07 Å². The zero-order valence-corrected chi connectivity index (χ0v) is 18.2. The van der Waals surface area contributed by atoms with Crippen molar-refractivity contribution >= 4 is 46.8 Å². The Labute approximate surface area is 193 Å². The molecule has 0 radical (unpaired) electrons. The van der Waals surface area contributed by atoms with E-state index in [4.69, 9.17) is 54.1 Å². The number of ether oxygens (including phenoxy) is 3. The Morgan fingerprint density at radius 3 is 2.42 bits per heavy atom. The summed E-state index contributed by atoms with van der Waals surface area (Å²) in [5, 5.41) is 10.1. The first-order valence-electron chi connectivity index (χ1n) is 9.14. The predicted molar refractivity (Wildman–Crippen MR) is 120 cm³/mol. The van der Waals surface area contributed by atoms with Crippen molar-refractivity contribution in [2.75, 3.05) is 6.79 Å². The zero-order valence-electron chi connectivity index (χ0n) is 15.9. The molecule has 3 aromatic carbocycles. The van der Waals surface area contributed by atoms with Gasteiger partial charge in [0.2, 0.25) is 6.79 Å². The van der Waals surface area contributed by atoms with Crippen LogP contribution in [0.1, 0.15) is 16.7 Å². The highest BCUT2D eigenvalue weighted by Crippen LogP contribution is 2.41. The van der Waals surface area contributed by atoms with Crippen molar-refractivity contribution in [3.05, 3.63) is 86.4 Å². The maximum absolute atomic E-state index is 10.7. The van der Waals surface area contributed by atoms with Crippen LogP contribution in [0, 0.1) is 0 Å². The number of carbonyl (C=O) groups is 1. The summed E-state index contributed by atoms with van der Waals surface area (Å²) in [4.78, 5) is 10.7. The van der Waals surface area contributed by atoms with Gasteiger partial charge in [-0.15, -0.1) is 0 Å². The van der Waals surface area contributed by atoms with Crippen molar-refractivity contribution in [2.24, 2.45) is 0 Å². The highest BCUT2D eigenvalue weighted by molar-refractivity contribution is 6.35. The summed E-state index contributed by atoms with van der Waals surface area (Å²) in [7, 11) is 0. The summed E-state index contributed by atoms with van der Waals surface area (Å²) >= 11 is 19.1. The number of carboxylic acids is 1. The Balaban J connectivity index is 1.63. The molecule has 1 aliphatic rings. The van der Waals surface area contributed by atoms with Gasteiger partial charge in [0.15, 0.2) is 11.5 Å². The molecule has 31 heavy (non-hydrogen) atoms. The standard InChI is InChI=1S/C23H15Cl3O5/c24-15-9-19(26)17(7-14-8-21-22(11-18(14)25)30-12-29-21)20(10-15)31-16-4-1-13(2-5-16)3-6-23(27)28/h1-6,8-11H,7,12H2,(H,27,28)/b6-3+. The van der Waals surface area contributed by atoms with Crippen molar-refractivity contribution < 1.29 is 24.1 Å². The zero-order chi connectivity index (χ0) is 22.0. The highest BCUT2D eigenvalue weighted by atomic mass is 35.5. The fraction of sp³-hybridized carbons (Fsp3) is 0.0870. The second-order valence-corrected chi connectivity index (χ2v) is 7.93. The second kappa shape index (κ2) is 9.10. The average Bonchev–Trinajstić information content (AvgIpc) is 3.17. The van der Waals surface area contributed by atoms with Crippen LogP contribution in [0.25, 0.3) is 6.08 Å². The summed E-state index contributed by atoms with van der Waals surface area (Å²) in [5.41, 5.74) is 2.24. The minimum Gasteiger partial charge on any atom is -0.478 e. The Bertz CT molecular complexity index is 1170. The highest BCUT2D eigenvalue weighted by Gasteiger charge is 2.19. The summed E-state index contributed by atoms with van der Waals surface area (Å²) in [6, 6.07) is 13.8. The van der Waals surface area contributed by atoms with E-state index in [2.05, 4.69) is 0 Å². The van der Waals surface area contributed by atoms with Gasteiger partial charge >= 0.3 is 5.97 Å². The van der Waals surface area contributed by atoms with Gasteiger partial charge in [0, 0.05) is 39.2 Å². The predicted octanol–water partition coefficient (Wildman–Crippen LogP) is 6.86. The maximum atomic E-state index is 10.7. The van der Waals surface area contributed by atoms with Crippen molar-refractivity contribution in [3.63, 3.8) is 0 Å². The van der Waals surface area contributed by atoms with Crippen LogP contribution in [0.5, 0.6) is 23.0 Å². The van der Waals surface area contributed by atoms with Crippen LogP contribution in [-0.2, 0) is 11.2 Å². The lowest BCUT2D eigenvalue weighted by Crippen LogP contribution is -1.97. The fourth-order valence-electron chi connectivity index (χ4n) is 3.07. The van der Waals surface area contributed by atoms with Gasteiger partial charge in [-0.05, 0) is 47.5 Å². The first-order chi connectivity index (χ1) is 14.9. The third-order valence-corrected chi connectivity index (χ3v) is 5.46. The summed E-state index contributed by atoms with van der Waals surface area (Å²) in [5.74, 6) is 1.24. The monoisotopic (exact) mass is 476 g/mol. The Hall–Kier alpha value is -2.86. The third kappa shape index (κ3) is 5.07. The number of fused-ring (bicyclic) bond motifs is 1. The molecule has 0 saturated heterocycles. The van der Waals surface area contributed by atoms with Gasteiger partial charge in [-0.2, -0.15) is 0 Å². The van der Waals surface area contributed by atoms with Crippen LogP contribution in [0.2, 0.25) is 15.1 Å². The lowest BCUT2D eigenvalue weighted by Gasteiger charge is -2.15. The van der Waals surface area contributed by atoms with Crippen LogP contribution >= 0.6 is 34.8 Å². The van der Waals surface area contributed by atoms with Gasteiger partial charge in [0.25, 0.3) is 0 Å². The third-order valence-electron chi connectivity index (χ3n) is 4.55. The first-order valence-corrected chi connectivity index (χ1v) is 10.3. The van der Waals surface area contributed by atoms with Gasteiger partial charge in [-0.3, -0.25) is 0 Å². The van der Waals surface area contributed by atoms with Crippen LogP contribution in [-0.4, -0.2) is 17.9 Å². The molecule has 0 atom stereocenters. The molecule has 0 saturated carbocycles. The summed E-state index contributed by atoms with van der Waals surface area (Å²) < 4.78 is 16.8. The molecule has 0 bridgehead atoms. The second-order valence-electron chi connectivity index (χ2n) is 6.68. The molecule has 158 valence electrons. The molecule has 8 heteroatoms. The molecule has 0 amide bonds. The van der Waals surface area contributed by atoms with Gasteiger partial charge in [0.05, 0.1) is 0 Å². The van der Waals surface area contributed by atoms with Gasteiger partial charge in [-0.25, -0.2) is 4.79 Å². The first kappa shape index (κ1) is 21.4. The number of halogens is 3. The lowest BCUT2D eigenvalue weighted by atomic mass is 10.0. The lowest BCUT2D eigenvalue weighted by molar-refractivity contribution is -0.131. The molecule has 1 heterocycles. The van der Waals surface area contributed by atoms with E-state index in [1.165, 1.54) is 6.08 Å². The van der Waals surface area contributed by atoms with E-state index in [9.17, 15) is 4.79 Å². The maximum Gasteiger partial charge on any atom is 0.328 e. The van der Waals surface area contributed by atoms with Crippen molar-refractivity contribution in [3.8, 4) is 23.0 Å². The average molecular weight is 478 g/mol. The molecule has 4 rings (SSSR count). The molecule has 0 aromatic heterocycles. The quantitative estimate of drug-likeness (QED) is 0.393. The minimum atomic E-state index is -1.01. The van der Waals surface area contributed by atoms with E-state index >= 15 is 0 Å². The van der Waals surface area contributed by atoms with E-state index in [-0.39, 0.29) is 6.79 Å². The van der Waals surface area contributed by atoms with Gasteiger partial charge in [0.1, 0.15) is 11.5 Å². The van der Waals surface area contributed by atoms with Crippen LogP contribution < -0.4 is 14.2 Å². The summed E-state index contributed by atoms with van der Waals surface area (Å²) in [6.07, 6.45) is 2.95. The minimum absolute atomic E-state index is 0.156. The van der Waals surface area contributed by atoms with E-state index in [0.717, 1.165) is 17.2 Å². The SMILES string of the molecule is O=C(O)/C=C/c1ccc(Oc2cc(Cl)cc(Cl)c2Cc2cc3c(cc2Cl)OCO3)cc1. The van der Waals surface area contributed by atoms with E-state index in [0.29, 0.717) is 50.1 Å². The van der Waals surface area contributed by atoms with E-state index in [1.54, 1.807) is 42.5 Å². The topological polar surface area (TPSA) is 65.0 Å². The number of aliphatic carboxylic acids is 1. The van der Waals surface area contributed by atoms with Crippen LogP contribution in [0.15, 0.2) is 54.6 Å². The number of carboxylic acid groups (broad SMARTS) is 1. The van der Waals surface area contributed by atoms with Crippen LogP contribution in [0.3, 0.4) is 0 Å². The molecular weight excluding hydrogens is 463 g/mol. The number of hydrogen-bond donors (Lipinski definition) is 1. The normalized spacial score (nSPS) is 12.4. The number of rotatable bonds is 6. The Morgan fingerprint density at radius 2 is 1.71 bits per heavy atom. The molecule has 1 aliphatic heterocycles. The molecule has 0 spiro atoms. The molecule has 3 aromatic rings. The smallest absolute Gasteiger partial charge is 0.328 e. The van der Waals surface area contributed by atoms with Gasteiger partial charge in [-0.1, -0.05) is 46.9 Å². The Kier molecular flexibility index (Phi) is 6.28. The van der Waals surface area contributed by atoms with Gasteiger partial charge < -0.3 is 19.3 Å². The van der Waals surface area contributed by atoms with Crippen LogP contribution in [0.4, 0.5) is 0 Å². The molecule has 0 fully saturated rings. The fourth-order valence-corrected chi connectivity index (χ4v) is 3.83. The molecule has 1 N–H and O–H groups in total. The van der Waals surface area contributed by atoms with Crippen molar-refractivity contribution in [1.82, 2.24) is 0 Å². The van der Waals surface area contributed by atoms with Crippen molar-refractivity contribution in [1.29, 1.82) is 0 Å². The molecule has 0 unspecified atom stereocenters. The summed E-state index contributed by atoms with van der Waals surface area (Å²) in [6.45, 7) is 0.156. The molecule has 5 nitrogen and oxygen atoms in total. The largest absolute Gasteiger partial charge is 0.478 e. The van der Waals surface area contributed by atoms with Crippen molar-refractivity contribution in [2.45, 2.75) is 6.42 Å².